The summed E-state index contributed by atoms with van der Waals surface area (Å²) >= 11 is 0. The fourth-order valence-corrected chi connectivity index (χ4v) is 8.66. The van der Waals surface area contributed by atoms with E-state index >= 15 is 0 Å². The SMILES string of the molecule is CCCC/C=C/CC/C=C/CC/C=C/C(O)C(CO)NC(=O)CCCCCCCCCCCCCCCCCCC/C=C\CCCCCCCCCCCCCCCCCCCC. The van der Waals surface area contributed by atoms with E-state index in [9.17, 15) is 15.0 Å². The van der Waals surface area contributed by atoms with Crippen molar-refractivity contribution in [1.29, 1.82) is 0 Å². The Labute approximate surface area is 394 Å². The first-order chi connectivity index (χ1) is 31.2. The Hall–Kier alpha value is -1.65. The highest BCUT2D eigenvalue weighted by molar-refractivity contribution is 5.76. The number of hydrogen-bond donors (Lipinski definition) is 3. The third kappa shape index (κ3) is 51.2. The average molecular weight is 883 g/mol. The summed E-state index contributed by atoms with van der Waals surface area (Å²) in [5.74, 6) is -0.0765. The summed E-state index contributed by atoms with van der Waals surface area (Å²) in [7, 11) is 0. The minimum absolute atomic E-state index is 0.0765. The lowest BCUT2D eigenvalue weighted by Crippen LogP contribution is -2.45. The summed E-state index contributed by atoms with van der Waals surface area (Å²) in [6, 6.07) is -0.644. The molecule has 4 heteroatoms. The topological polar surface area (TPSA) is 69.6 Å². The fraction of sp³-hybridized carbons (Fsp3) is 0.847. The van der Waals surface area contributed by atoms with E-state index in [1.807, 2.05) is 6.08 Å². The molecule has 0 aliphatic heterocycles. The molecule has 1 amide bonds. The second kappa shape index (κ2) is 54.7. The Morgan fingerprint density at radius 1 is 0.365 bits per heavy atom. The zero-order valence-corrected chi connectivity index (χ0v) is 42.6. The van der Waals surface area contributed by atoms with E-state index in [-0.39, 0.29) is 12.5 Å². The first-order valence-corrected chi connectivity index (χ1v) is 28.4. The van der Waals surface area contributed by atoms with Gasteiger partial charge in [0.25, 0.3) is 0 Å². The van der Waals surface area contributed by atoms with Gasteiger partial charge in [-0.25, -0.2) is 0 Å². The third-order valence-electron chi connectivity index (χ3n) is 13.0. The Bertz CT molecular complexity index is 1000. The molecule has 0 spiro atoms. The van der Waals surface area contributed by atoms with Gasteiger partial charge in [-0.2, -0.15) is 0 Å². The van der Waals surface area contributed by atoms with Crippen LogP contribution in [0.2, 0.25) is 0 Å². The lowest BCUT2D eigenvalue weighted by molar-refractivity contribution is -0.123. The number of carbonyl (C=O) groups excluding carboxylic acids is 1. The number of amides is 1. The molecule has 0 saturated carbocycles. The zero-order valence-electron chi connectivity index (χ0n) is 42.6. The zero-order chi connectivity index (χ0) is 45.6. The van der Waals surface area contributed by atoms with E-state index in [2.05, 4.69) is 55.6 Å². The highest BCUT2D eigenvalue weighted by Gasteiger charge is 2.18. The van der Waals surface area contributed by atoms with Gasteiger partial charge in [-0.3, -0.25) is 4.79 Å². The van der Waals surface area contributed by atoms with Gasteiger partial charge in [0, 0.05) is 6.42 Å². The Morgan fingerprint density at radius 2 is 0.635 bits per heavy atom. The van der Waals surface area contributed by atoms with Crippen LogP contribution in [0.5, 0.6) is 0 Å². The molecule has 0 rings (SSSR count). The van der Waals surface area contributed by atoms with Gasteiger partial charge < -0.3 is 15.5 Å². The molecule has 0 aromatic rings. The molecular formula is C59H111NO3. The van der Waals surface area contributed by atoms with Crippen LogP contribution in [0.4, 0.5) is 0 Å². The monoisotopic (exact) mass is 882 g/mol. The van der Waals surface area contributed by atoms with Gasteiger partial charge in [0.2, 0.25) is 5.91 Å². The van der Waals surface area contributed by atoms with E-state index in [1.54, 1.807) is 6.08 Å². The van der Waals surface area contributed by atoms with Crippen LogP contribution in [-0.4, -0.2) is 34.9 Å². The molecule has 0 aromatic heterocycles. The largest absolute Gasteiger partial charge is 0.394 e. The van der Waals surface area contributed by atoms with Crippen molar-refractivity contribution in [2.75, 3.05) is 6.61 Å². The van der Waals surface area contributed by atoms with E-state index in [0.29, 0.717) is 6.42 Å². The van der Waals surface area contributed by atoms with Crippen LogP contribution in [0.25, 0.3) is 0 Å². The van der Waals surface area contributed by atoms with Crippen molar-refractivity contribution in [3.63, 3.8) is 0 Å². The van der Waals surface area contributed by atoms with E-state index in [4.69, 9.17) is 0 Å². The fourth-order valence-electron chi connectivity index (χ4n) is 8.66. The van der Waals surface area contributed by atoms with E-state index in [0.717, 1.165) is 38.5 Å². The van der Waals surface area contributed by atoms with Crippen LogP contribution in [0.15, 0.2) is 48.6 Å². The number of allylic oxidation sites excluding steroid dienone is 7. The lowest BCUT2D eigenvalue weighted by Gasteiger charge is -2.19. The van der Waals surface area contributed by atoms with Gasteiger partial charge in [-0.1, -0.05) is 281 Å². The summed E-state index contributed by atoms with van der Waals surface area (Å²) < 4.78 is 0. The second-order valence-electron chi connectivity index (χ2n) is 19.3. The number of nitrogens with one attached hydrogen (secondary N) is 1. The standard InChI is InChI=1S/C59H111NO3/c1-3-5-7-9-11-13-15-17-18-19-20-21-22-23-24-25-26-27-28-29-30-31-32-33-34-35-36-37-38-39-40-41-42-43-45-47-49-51-53-55-59(63)60-57(56-61)58(62)54-52-50-48-46-44-16-14-12-10-8-6-4-2/h10,12,29-30,44,46,52,54,57-58,61-62H,3-9,11,13-28,31-43,45,47-51,53,55-56H2,1-2H3,(H,60,63)/b12-10+,30-29-,46-44+,54-52+. The van der Waals surface area contributed by atoms with Crippen LogP contribution in [-0.2, 0) is 4.79 Å². The minimum Gasteiger partial charge on any atom is -0.394 e. The third-order valence-corrected chi connectivity index (χ3v) is 13.0. The molecular weight excluding hydrogens is 771 g/mol. The Kier molecular flexibility index (Phi) is 53.3. The number of hydrogen-bond acceptors (Lipinski definition) is 3. The summed E-state index contributed by atoms with van der Waals surface area (Å²) in [6.07, 6.45) is 75.9. The number of carbonyl (C=O) groups is 1. The summed E-state index contributed by atoms with van der Waals surface area (Å²) in [6.45, 7) is 4.26. The van der Waals surface area contributed by atoms with Crippen molar-refractivity contribution in [1.82, 2.24) is 5.32 Å². The van der Waals surface area contributed by atoms with Gasteiger partial charge in [-0.05, 0) is 64.2 Å². The quantitative estimate of drug-likeness (QED) is 0.0421. The van der Waals surface area contributed by atoms with Crippen LogP contribution in [0.3, 0.4) is 0 Å². The van der Waals surface area contributed by atoms with Crippen molar-refractivity contribution < 1.29 is 15.0 Å². The van der Waals surface area contributed by atoms with Crippen molar-refractivity contribution in [2.24, 2.45) is 0 Å². The Balaban J connectivity index is 3.39. The van der Waals surface area contributed by atoms with Crippen LogP contribution >= 0.6 is 0 Å². The van der Waals surface area contributed by atoms with Gasteiger partial charge in [-0.15, -0.1) is 0 Å². The molecule has 4 nitrogen and oxygen atoms in total. The molecule has 0 aliphatic rings. The van der Waals surface area contributed by atoms with Gasteiger partial charge in [0.15, 0.2) is 0 Å². The first-order valence-electron chi connectivity index (χ1n) is 28.4. The van der Waals surface area contributed by atoms with Gasteiger partial charge in [0.1, 0.15) is 0 Å². The molecule has 0 bridgehead atoms. The predicted octanol–water partition coefficient (Wildman–Crippen LogP) is 18.6. The number of aliphatic hydroxyl groups excluding tert-OH is 2. The van der Waals surface area contributed by atoms with Gasteiger partial charge in [0.05, 0.1) is 18.8 Å². The van der Waals surface area contributed by atoms with E-state index < -0.39 is 12.1 Å². The van der Waals surface area contributed by atoms with Crippen LogP contribution < -0.4 is 5.32 Å². The lowest BCUT2D eigenvalue weighted by atomic mass is 10.0. The first kappa shape index (κ1) is 61.4. The van der Waals surface area contributed by atoms with Crippen molar-refractivity contribution >= 4 is 5.91 Å². The molecule has 0 aliphatic carbocycles. The molecule has 0 fully saturated rings. The number of unbranched alkanes of at least 4 members (excludes halogenated alkanes) is 39. The molecule has 370 valence electrons. The Morgan fingerprint density at radius 3 is 0.968 bits per heavy atom. The average Bonchev–Trinajstić information content (AvgIpc) is 3.29. The summed E-state index contributed by atoms with van der Waals surface area (Å²) in [5.41, 5.74) is 0. The minimum atomic E-state index is -0.869. The summed E-state index contributed by atoms with van der Waals surface area (Å²) in [5, 5.41) is 23.0. The molecule has 2 atom stereocenters. The molecule has 63 heavy (non-hydrogen) atoms. The molecule has 3 N–H and O–H groups in total. The van der Waals surface area contributed by atoms with Crippen LogP contribution in [0.1, 0.15) is 303 Å². The van der Waals surface area contributed by atoms with Gasteiger partial charge >= 0.3 is 0 Å². The predicted molar refractivity (Wildman–Crippen MR) is 281 cm³/mol. The van der Waals surface area contributed by atoms with Crippen molar-refractivity contribution in [3.05, 3.63) is 48.6 Å². The highest BCUT2D eigenvalue weighted by atomic mass is 16.3. The molecule has 0 aromatic carbocycles. The van der Waals surface area contributed by atoms with Crippen LogP contribution in [0, 0.1) is 0 Å². The van der Waals surface area contributed by atoms with Crippen molar-refractivity contribution in [3.8, 4) is 0 Å². The number of rotatable bonds is 52. The maximum atomic E-state index is 12.4. The molecule has 0 radical (unpaired) electrons. The molecule has 2 unspecified atom stereocenters. The number of aliphatic hydroxyl groups is 2. The highest BCUT2D eigenvalue weighted by Crippen LogP contribution is 2.17. The van der Waals surface area contributed by atoms with E-state index in [1.165, 1.54) is 244 Å². The van der Waals surface area contributed by atoms with Crippen molar-refractivity contribution in [2.45, 2.75) is 315 Å². The maximum absolute atomic E-state index is 12.4. The molecule has 0 heterocycles. The normalized spacial score (nSPS) is 13.1. The maximum Gasteiger partial charge on any atom is 0.220 e. The second-order valence-corrected chi connectivity index (χ2v) is 19.3. The summed E-state index contributed by atoms with van der Waals surface area (Å²) in [4.78, 5) is 12.4. The molecule has 0 saturated heterocycles. The smallest absolute Gasteiger partial charge is 0.220 e.